The summed E-state index contributed by atoms with van der Waals surface area (Å²) in [6, 6.07) is 0.941. The van der Waals surface area contributed by atoms with E-state index in [0.29, 0.717) is 12.6 Å². The fourth-order valence-corrected chi connectivity index (χ4v) is 2.57. The van der Waals surface area contributed by atoms with E-state index in [1.54, 1.807) is 7.05 Å². The Hall–Kier alpha value is -1.11. The molecule has 0 saturated carbocycles. The monoisotopic (exact) mass is 288 g/mol. The Morgan fingerprint density at radius 1 is 1.30 bits per heavy atom. The molecule has 112 valence electrons. The molecule has 0 radical (unpaired) electrons. The molecule has 20 heavy (non-hydrogen) atoms. The van der Waals surface area contributed by atoms with Crippen molar-refractivity contribution < 1.29 is 17.9 Å². The zero-order valence-corrected chi connectivity index (χ0v) is 11.4. The van der Waals surface area contributed by atoms with E-state index in [-0.39, 0.29) is 18.2 Å². The fraction of sp³-hybridized carbons (Fsp3) is 0.571. The molecule has 2 N–H and O–H groups in total. The van der Waals surface area contributed by atoms with E-state index < -0.39 is 23.5 Å². The molecule has 1 aliphatic rings. The lowest BCUT2D eigenvalue weighted by molar-refractivity contribution is 0.0683. The maximum Gasteiger partial charge on any atom is 0.161 e. The number of benzene rings is 1. The Morgan fingerprint density at radius 2 is 2.00 bits per heavy atom. The van der Waals surface area contributed by atoms with Crippen LogP contribution in [0.15, 0.2) is 12.1 Å². The van der Waals surface area contributed by atoms with Gasteiger partial charge in [0, 0.05) is 37.4 Å². The van der Waals surface area contributed by atoms with E-state index >= 15 is 0 Å². The summed E-state index contributed by atoms with van der Waals surface area (Å²) < 4.78 is 45.6. The van der Waals surface area contributed by atoms with E-state index in [2.05, 4.69) is 0 Å². The Morgan fingerprint density at radius 3 is 2.60 bits per heavy atom. The van der Waals surface area contributed by atoms with E-state index in [1.807, 2.05) is 4.90 Å². The smallest absolute Gasteiger partial charge is 0.161 e. The van der Waals surface area contributed by atoms with Gasteiger partial charge in [-0.1, -0.05) is 0 Å². The summed E-state index contributed by atoms with van der Waals surface area (Å²) in [5, 5.41) is 0. The van der Waals surface area contributed by atoms with Crippen LogP contribution in [0.4, 0.5) is 13.2 Å². The number of rotatable bonds is 5. The number of hydrogen-bond acceptors (Lipinski definition) is 3. The van der Waals surface area contributed by atoms with Gasteiger partial charge in [-0.2, -0.15) is 0 Å². The van der Waals surface area contributed by atoms with Crippen LogP contribution in [0.25, 0.3) is 0 Å². The van der Waals surface area contributed by atoms with Crippen LogP contribution in [0.2, 0.25) is 0 Å². The molecule has 6 heteroatoms. The molecular weight excluding hydrogens is 269 g/mol. The second-order valence-electron chi connectivity index (χ2n) is 5.11. The SMILES string of the molecule is CN(CC1CCCO1)C(CN)c1cc(F)c(F)cc1F. The van der Waals surface area contributed by atoms with Gasteiger partial charge in [-0.3, -0.25) is 4.90 Å². The highest BCUT2D eigenvalue weighted by Gasteiger charge is 2.25. The van der Waals surface area contributed by atoms with Gasteiger partial charge in [-0.15, -0.1) is 0 Å². The van der Waals surface area contributed by atoms with Crippen molar-refractivity contribution in [3.8, 4) is 0 Å². The topological polar surface area (TPSA) is 38.5 Å². The Labute approximate surface area is 116 Å². The van der Waals surface area contributed by atoms with Crippen LogP contribution < -0.4 is 5.73 Å². The summed E-state index contributed by atoms with van der Waals surface area (Å²) in [5.41, 5.74) is 5.75. The first kappa shape index (κ1) is 15.3. The van der Waals surface area contributed by atoms with Crippen LogP contribution >= 0.6 is 0 Å². The standard InChI is InChI=1S/C14H19F3N2O/c1-19(8-9-3-2-4-20-9)14(7-18)10-5-12(16)13(17)6-11(10)15/h5-6,9,14H,2-4,7-8,18H2,1H3. The molecule has 3 nitrogen and oxygen atoms in total. The van der Waals surface area contributed by atoms with E-state index in [1.165, 1.54) is 0 Å². The third-order valence-corrected chi connectivity index (χ3v) is 3.67. The lowest BCUT2D eigenvalue weighted by Crippen LogP contribution is -2.36. The second-order valence-corrected chi connectivity index (χ2v) is 5.11. The third-order valence-electron chi connectivity index (χ3n) is 3.67. The average molecular weight is 288 g/mol. The predicted molar refractivity (Wildman–Crippen MR) is 69.7 cm³/mol. The molecule has 1 aliphatic heterocycles. The molecule has 0 aliphatic carbocycles. The van der Waals surface area contributed by atoms with E-state index in [4.69, 9.17) is 10.5 Å². The highest BCUT2D eigenvalue weighted by Crippen LogP contribution is 2.25. The fourth-order valence-electron chi connectivity index (χ4n) is 2.57. The van der Waals surface area contributed by atoms with Crippen LogP contribution in [0.3, 0.4) is 0 Å². The summed E-state index contributed by atoms with van der Waals surface area (Å²) in [6.07, 6.45) is 2.04. The van der Waals surface area contributed by atoms with Gasteiger partial charge in [-0.05, 0) is 26.0 Å². The van der Waals surface area contributed by atoms with Crippen molar-refractivity contribution in [2.75, 3.05) is 26.7 Å². The van der Waals surface area contributed by atoms with Gasteiger partial charge in [-0.25, -0.2) is 13.2 Å². The summed E-state index contributed by atoms with van der Waals surface area (Å²) in [5.74, 6) is -3.03. The first-order chi connectivity index (χ1) is 9.52. The first-order valence-electron chi connectivity index (χ1n) is 6.69. The average Bonchev–Trinajstić information content (AvgIpc) is 2.89. The molecular formula is C14H19F3N2O. The normalized spacial score (nSPS) is 20.6. The van der Waals surface area contributed by atoms with Gasteiger partial charge in [0.15, 0.2) is 11.6 Å². The number of nitrogens with zero attached hydrogens (tertiary/aromatic N) is 1. The quantitative estimate of drug-likeness (QED) is 0.844. The van der Waals surface area contributed by atoms with Crippen molar-refractivity contribution in [1.82, 2.24) is 4.90 Å². The van der Waals surface area contributed by atoms with Gasteiger partial charge < -0.3 is 10.5 Å². The summed E-state index contributed by atoms with van der Waals surface area (Å²) in [7, 11) is 1.78. The summed E-state index contributed by atoms with van der Waals surface area (Å²) in [6.45, 7) is 1.43. The Kier molecular flexibility index (Phi) is 5.01. The second kappa shape index (κ2) is 6.56. The lowest BCUT2D eigenvalue weighted by Gasteiger charge is -2.29. The van der Waals surface area contributed by atoms with Crippen molar-refractivity contribution in [1.29, 1.82) is 0 Å². The van der Waals surface area contributed by atoms with Crippen molar-refractivity contribution in [2.45, 2.75) is 25.0 Å². The number of hydrogen-bond donors (Lipinski definition) is 1. The van der Waals surface area contributed by atoms with Crippen LogP contribution in [0.1, 0.15) is 24.4 Å². The molecule has 1 heterocycles. The van der Waals surface area contributed by atoms with Crippen molar-refractivity contribution >= 4 is 0 Å². The maximum atomic E-state index is 13.8. The molecule has 1 aromatic carbocycles. The Balaban J connectivity index is 2.16. The van der Waals surface area contributed by atoms with Crippen molar-refractivity contribution in [3.05, 3.63) is 35.1 Å². The van der Waals surface area contributed by atoms with Crippen LogP contribution in [-0.2, 0) is 4.74 Å². The van der Waals surface area contributed by atoms with Crippen LogP contribution in [-0.4, -0.2) is 37.7 Å². The minimum absolute atomic E-state index is 0.0758. The lowest BCUT2D eigenvalue weighted by atomic mass is 10.0. The number of halogens is 3. The zero-order valence-electron chi connectivity index (χ0n) is 11.4. The van der Waals surface area contributed by atoms with Gasteiger partial charge in [0.25, 0.3) is 0 Å². The minimum atomic E-state index is -1.19. The van der Waals surface area contributed by atoms with Gasteiger partial charge in [0.05, 0.1) is 6.10 Å². The molecule has 0 spiro atoms. The first-order valence-corrected chi connectivity index (χ1v) is 6.69. The van der Waals surface area contributed by atoms with Crippen molar-refractivity contribution in [3.63, 3.8) is 0 Å². The molecule has 2 rings (SSSR count). The molecule has 1 saturated heterocycles. The number of nitrogens with two attached hydrogens (primary N) is 1. The largest absolute Gasteiger partial charge is 0.377 e. The van der Waals surface area contributed by atoms with Crippen LogP contribution in [0.5, 0.6) is 0 Å². The molecule has 0 bridgehead atoms. The molecule has 0 amide bonds. The van der Waals surface area contributed by atoms with Crippen molar-refractivity contribution in [2.24, 2.45) is 5.73 Å². The maximum absolute atomic E-state index is 13.8. The van der Waals surface area contributed by atoms with Gasteiger partial charge in [0.2, 0.25) is 0 Å². The molecule has 2 atom stereocenters. The summed E-state index contributed by atoms with van der Waals surface area (Å²) in [4.78, 5) is 1.83. The molecule has 0 aromatic heterocycles. The van der Waals surface area contributed by atoms with E-state index in [9.17, 15) is 13.2 Å². The number of ether oxygens (including phenoxy) is 1. The zero-order chi connectivity index (χ0) is 14.7. The highest BCUT2D eigenvalue weighted by molar-refractivity contribution is 5.24. The van der Waals surface area contributed by atoms with Crippen LogP contribution in [0, 0.1) is 17.5 Å². The highest BCUT2D eigenvalue weighted by atomic mass is 19.2. The number of likely N-dealkylation sites (N-methyl/N-ethyl adjacent to an activating group) is 1. The molecule has 2 unspecified atom stereocenters. The molecule has 1 aromatic rings. The Bertz CT molecular complexity index is 464. The predicted octanol–water partition coefficient (Wildman–Crippen LogP) is 2.21. The molecule has 1 fully saturated rings. The summed E-state index contributed by atoms with van der Waals surface area (Å²) >= 11 is 0. The van der Waals surface area contributed by atoms with Gasteiger partial charge >= 0.3 is 0 Å². The minimum Gasteiger partial charge on any atom is -0.377 e. The van der Waals surface area contributed by atoms with E-state index in [0.717, 1.165) is 25.5 Å². The van der Waals surface area contributed by atoms with Gasteiger partial charge in [0.1, 0.15) is 5.82 Å². The third kappa shape index (κ3) is 3.31.